The summed E-state index contributed by atoms with van der Waals surface area (Å²) in [6.45, 7) is 0. The molecule has 1 aliphatic heterocycles. The summed E-state index contributed by atoms with van der Waals surface area (Å²) < 4.78 is 43.2. The smallest absolute Gasteiger partial charge is 0.269 e. The number of fused-ring (bicyclic) bond motifs is 2. The Bertz CT molecular complexity index is 1320. The van der Waals surface area contributed by atoms with E-state index in [-0.39, 0.29) is 5.69 Å². The van der Waals surface area contributed by atoms with E-state index >= 15 is 0 Å². The molecule has 29 heavy (non-hydrogen) atoms. The lowest BCUT2D eigenvalue weighted by molar-refractivity contribution is 0.0995. The number of aromatic nitrogens is 3. The Morgan fingerprint density at radius 3 is 2.59 bits per heavy atom. The molecule has 9 heteroatoms. The number of anilines is 1. The van der Waals surface area contributed by atoms with E-state index in [2.05, 4.69) is 20.5 Å². The van der Waals surface area contributed by atoms with Gasteiger partial charge in [0, 0.05) is 34.0 Å². The van der Waals surface area contributed by atoms with Crippen LogP contribution in [0.4, 0.5) is 18.9 Å². The highest BCUT2D eigenvalue weighted by Crippen LogP contribution is 2.45. The van der Waals surface area contributed by atoms with Crippen LogP contribution in [-0.2, 0) is 0 Å². The van der Waals surface area contributed by atoms with Crippen molar-refractivity contribution in [3.8, 4) is 11.1 Å². The van der Waals surface area contributed by atoms with Crippen molar-refractivity contribution in [2.45, 2.75) is 6.04 Å². The number of nitrogens with one attached hydrogen (secondary N) is 2. The normalized spacial score (nSPS) is 14.9. The third-order valence-corrected chi connectivity index (χ3v) is 5.04. The molecule has 3 heterocycles. The predicted molar refractivity (Wildman–Crippen MR) is 99.6 cm³/mol. The fourth-order valence-electron chi connectivity index (χ4n) is 3.79. The van der Waals surface area contributed by atoms with Crippen LogP contribution in [0.15, 0.2) is 42.6 Å². The summed E-state index contributed by atoms with van der Waals surface area (Å²) in [7, 11) is 0. The molecule has 1 unspecified atom stereocenters. The van der Waals surface area contributed by atoms with Gasteiger partial charge in [0.2, 0.25) is 0 Å². The van der Waals surface area contributed by atoms with Gasteiger partial charge in [0.15, 0.2) is 23.0 Å². The highest BCUT2D eigenvalue weighted by Gasteiger charge is 2.33. The van der Waals surface area contributed by atoms with E-state index in [9.17, 15) is 18.0 Å². The Kier molecular flexibility index (Phi) is 3.60. The number of para-hydroxylation sites is 1. The Morgan fingerprint density at radius 2 is 1.79 bits per heavy atom. The first-order valence-corrected chi connectivity index (χ1v) is 8.64. The maximum atomic E-state index is 14.7. The van der Waals surface area contributed by atoms with Crippen LogP contribution in [0, 0.1) is 17.5 Å². The first-order valence-electron chi connectivity index (χ1n) is 8.64. The largest absolute Gasteiger partial charge is 0.373 e. The molecule has 0 spiro atoms. The first kappa shape index (κ1) is 17.2. The molecule has 5 rings (SSSR count). The van der Waals surface area contributed by atoms with Crippen LogP contribution >= 0.6 is 0 Å². The second-order valence-corrected chi connectivity index (χ2v) is 6.64. The number of nitrogens with two attached hydrogens (primary N) is 1. The summed E-state index contributed by atoms with van der Waals surface area (Å²) in [5.41, 5.74) is 7.06. The van der Waals surface area contributed by atoms with E-state index in [1.807, 2.05) is 0 Å². The number of rotatable bonds is 2. The average molecular weight is 395 g/mol. The maximum absolute atomic E-state index is 14.7. The molecule has 0 saturated carbocycles. The summed E-state index contributed by atoms with van der Waals surface area (Å²) in [4.78, 5) is 14.9. The molecule has 6 nitrogen and oxygen atoms in total. The maximum Gasteiger partial charge on any atom is 0.269 e. The van der Waals surface area contributed by atoms with E-state index in [0.717, 1.165) is 12.1 Å². The van der Waals surface area contributed by atoms with Gasteiger partial charge >= 0.3 is 0 Å². The van der Waals surface area contributed by atoms with Gasteiger partial charge < -0.3 is 16.0 Å². The van der Waals surface area contributed by atoms with Crippen molar-refractivity contribution in [3.63, 3.8) is 0 Å². The van der Waals surface area contributed by atoms with Crippen molar-refractivity contribution >= 4 is 22.6 Å². The Balaban J connectivity index is 1.93. The first-order chi connectivity index (χ1) is 14.0. The van der Waals surface area contributed by atoms with E-state index in [1.165, 1.54) is 6.20 Å². The van der Waals surface area contributed by atoms with Gasteiger partial charge in [-0.1, -0.05) is 18.2 Å². The van der Waals surface area contributed by atoms with Crippen molar-refractivity contribution in [2.75, 3.05) is 5.32 Å². The number of halogens is 3. The molecular weight excluding hydrogens is 383 g/mol. The number of carbonyl (C=O) groups excluding carboxylic acids is 1. The highest BCUT2D eigenvalue weighted by atomic mass is 19.2. The number of carbonyl (C=O) groups is 1. The number of H-pyrrole nitrogens is 1. The second kappa shape index (κ2) is 6.06. The lowest BCUT2D eigenvalue weighted by atomic mass is 9.95. The number of amides is 1. The van der Waals surface area contributed by atoms with Gasteiger partial charge in [-0.2, -0.15) is 0 Å². The molecule has 1 atom stereocenters. The van der Waals surface area contributed by atoms with Crippen LogP contribution in [0.1, 0.15) is 27.7 Å². The SMILES string of the molecule is NC(=O)c1nnc2[nH]cc3c2c1-c1ccccc1NC3c1c(F)ccc(F)c1F. The third-order valence-electron chi connectivity index (χ3n) is 5.04. The van der Waals surface area contributed by atoms with Gasteiger partial charge in [0.05, 0.1) is 11.6 Å². The molecule has 1 aliphatic rings. The van der Waals surface area contributed by atoms with Gasteiger partial charge in [-0.3, -0.25) is 4.79 Å². The topological polar surface area (TPSA) is 96.7 Å². The summed E-state index contributed by atoms with van der Waals surface area (Å²) in [5.74, 6) is -4.17. The van der Waals surface area contributed by atoms with Gasteiger partial charge in [0.1, 0.15) is 5.82 Å². The van der Waals surface area contributed by atoms with E-state index < -0.39 is 35.0 Å². The zero-order chi connectivity index (χ0) is 20.3. The van der Waals surface area contributed by atoms with E-state index in [0.29, 0.717) is 33.4 Å². The summed E-state index contributed by atoms with van der Waals surface area (Å²) in [6.07, 6.45) is 1.50. The molecule has 2 aromatic heterocycles. The lowest BCUT2D eigenvalue weighted by Gasteiger charge is -2.20. The van der Waals surface area contributed by atoms with Gasteiger partial charge in [-0.15, -0.1) is 10.2 Å². The Labute approximate surface area is 161 Å². The van der Waals surface area contributed by atoms with Crippen LogP contribution in [0.5, 0.6) is 0 Å². The second-order valence-electron chi connectivity index (χ2n) is 6.64. The lowest BCUT2D eigenvalue weighted by Crippen LogP contribution is -2.16. The fraction of sp³-hybridized carbons (Fsp3) is 0.0500. The highest BCUT2D eigenvalue weighted by molar-refractivity contribution is 6.10. The number of hydrogen-bond acceptors (Lipinski definition) is 4. The number of primary amides is 1. The standard InChI is InChI=1S/C20H12F3N5O/c21-10-5-6-11(22)16(23)15(10)17-9-7-25-20-14(9)13(18(19(24)29)27-28-20)8-3-1-2-4-12(8)26-17/h1-7,17,26H,(H2,24,29)(H,25,28). The third kappa shape index (κ3) is 2.40. The van der Waals surface area contributed by atoms with Crippen molar-refractivity contribution in [1.29, 1.82) is 0 Å². The molecular formula is C20H12F3N5O. The van der Waals surface area contributed by atoms with Crippen LogP contribution < -0.4 is 11.1 Å². The van der Waals surface area contributed by atoms with E-state index in [1.54, 1.807) is 24.3 Å². The predicted octanol–water partition coefficient (Wildman–Crippen LogP) is 3.66. The van der Waals surface area contributed by atoms with Crippen molar-refractivity contribution < 1.29 is 18.0 Å². The van der Waals surface area contributed by atoms with Gasteiger partial charge in [-0.05, 0) is 18.2 Å². The molecule has 2 aromatic carbocycles. The average Bonchev–Trinajstić information content (AvgIpc) is 3.07. The monoisotopic (exact) mass is 395 g/mol. The van der Waals surface area contributed by atoms with Gasteiger partial charge in [-0.25, -0.2) is 13.2 Å². The van der Waals surface area contributed by atoms with Crippen LogP contribution in [0.25, 0.3) is 22.2 Å². The fourth-order valence-corrected chi connectivity index (χ4v) is 3.79. The molecule has 0 aliphatic carbocycles. The Hall–Kier alpha value is -3.88. The minimum Gasteiger partial charge on any atom is -0.373 e. The summed E-state index contributed by atoms with van der Waals surface area (Å²) in [6, 6.07) is 7.39. The minimum atomic E-state index is -1.30. The van der Waals surface area contributed by atoms with Crippen molar-refractivity contribution in [3.05, 3.63) is 76.9 Å². The van der Waals surface area contributed by atoms with Crippen LogP contribution in [0.3, 0.4) is 0 Å². The van der Waals surface area contributed by atoms with Crippen molar-refractivity contribution in [1.82, 2.24) is 15.2 Å². The number of hydrogen-bond donors (Lipinski definition) is 3. The van der Waals surface area contributed by atoms with Crippen molar-refractivity contribution in [2.24, 2.45) is 5.73 Å². The molecule has 0 saturated heterocycles. The molecule has 4 aromatic rings. The molecule has 0 fully saturated rings. The molecule has 0 bridgehead atoms. The summed E-state index contributed by atoms with van der Waals surface area (Å²) in [5, 5.41) is 11.4. The van der Waals surface area contributed by atoms with Crippen LogP contribution in [0.2, 0.25) is 0 Å². The number of nitrogens with zero attached hydrogens (tertiary/aromatic N) is 2. The minimum absolute atomic E-state index is 0.0755. The zero-order valence-corrected chi connectivity index (χ0v) is 14.6. The molecule has 0 radical (unpaired) electrons. The zero-order valence-electron chi connectivity index (χ0n) is 14.6. The quantitative estimate of drug-likeness (QED) is 0.451. The van der Waals surface area contributed by atoms with E-state index in [4.69, 9.17) is 5.73 Å². The number of benzene rings is 2. The molecule has 1 amide bonds. The molecule has 144 valence electrons. The van der Waals surface area contributed by atoms with Crippen LogP contribution in [-0.4, -0.2) is 21.1 Å². The summed E-state index contributed by atoms with van der Waals surface area (Å²) >= 11 is 0. The Morgan fingerprint density at radius 1 is 1.03 bits per heavy atom. The molecule has 4 N–H and O–H groups in total. The number of aromatic amines is 1. The van der Waals surface area contributed by atoms with Gasteiger partial charge in [0.25, 0.3) is 5.91 Å².